The molecule has 0 radical (unpaired) electrons. The van der Waals surface area contributed by atoms with Crippen molar-refractivity contribution in [3.05, 3.63) is 69.7 Å². The maximum atomic E-state index is 12.2. The molecule has 2 aromatic rings. The lowest BCUT2D eigenvalue weighted by Crippen LogP contribution is -2.21. The predicted octanol–water partition coefficient (Wildman–Crippen LogP) is 4.31. The summed E-state index contributed by atoms with van der Waals surface area (Å²) >= 11 is 8.34. The van der Waals surface area contributed by atoms with E-state index in [1.807, 2.05) is 48.5 Å². The van der Waals surface area contributed by atoms with Crippen molar-refractivity contribution < 1.29 is 4.79 Å². The Morgan fingerprint density at radius 2 is 1.83 bits per heavy atom. The fourth-order valence-corrected chi connectivity index (χ4v) is 2.75. The summed E-state index contributed by atoms with van der Waals surface area (Å²) in [6.07, 6.45) is 1.61. The number of halogens is 1. The van der Waals surface area contributed by atoms with Gasteiger partial charge in [-0.1, -0.05) is 52.4 Å². The number of rotatable bonds is 5. The van der Waals surface area contributed by atoms with Crippen LogP contribution in [0.5, 0.6) is 0 Å². The minimum absolute atomic E-state index is 0.0290. The van der Waals surface area contributed by atoms with Gasteiger partial charge in [0.2, 0.25) is 0 Å². The van der Waals surface area contributed by atoms with E-state index in [1.165, 1.54) is 5.37 Å². The summed E-state index contributed by atoms with van der Waals surface area (Å²) in [4.78, 5) is 18.3. The number of thiocarbonyl (C=S) groups is 1. The molecule has 118 valence electrons. The average molecular weight is 389 g/mol. The van der Waals surface area contributed by atoms with Crippen LogP contribution in [0, 0.1) is 0 Å². The first-order valence-corrected chi connectivity index (χ1v) is 8.33. The van der Waals surface area contributed by atoms with Crippen molar-refractivity contribution in [2.75, 3.05) is 14.1 Å². The highest BCUT2D eigenvalue weighted by atomic mass is 79.9. The van der Waals surface area contributed by atoms with E-state index in [0.717, 1.165) is 15.6 Å². The molecule has 0 aliphatic heterocycles. The minimum Gasteiger partial charge on any atom is -0.345 e. The monoisotopic (exact) mass is 388 g/mol. The lowest BCUT2D eigenvalue weighted by Gasteiger charge is -2.16. The van der Waals surface area contributed by atoms with Gasteiger partial charge in [0.1, 0.15) is 0 Å². The third kappa shape index (κ3) is 4.56. The van der Waals surface area contributed by atoms with Gasteiger partial charge in [0.25, 0.3) is 5.91 Å². The zero-order valence-electron chi connectivity index (χ0n) is 12.9. The standard InChI is InChI=1S/C18H17BrN2OS/c1-21(2)18(22)15-7-3-5-13(11-15)17(20-9-10-23)14-6-4-8-16(19)12-14/h3-12,17H,1-2H3. The molecule has 2 rings (SSSR count). The second-order valence-corrected chi connectivity index (χ2v) is 6.40. The molecule has 0 aromatic heterocycles. The smallest absolute Gasteiger partial charge is 0.253 e. The summed E-state index contributed by atoms with van der Waals surface area (Å²) in [6.45, 7) is 0. The van der Waals surface area contributed by atoms with E-state index < -0.39 is 0 Å². The minimum atomic E-state index is -0.207. The molecule has 0 heterocycles. The number of amides is 1. The second-order valence-electron chi connectivity index (χ2n) is 5.22. The second kappa shape index (κ2) is 8.13. The van der Waals surface area contributed by atoms with Crippen LogP contribution in [0.3, 0.4) is 0 Å². The summed E-state index contributed by atoms with van der Waals surface area (Å²) in [5.41, 5.74) is 2.62. The van der Waals surface area contributed by atoms with Gasteiger partial charge in [-0.3, -0.25) is 9.79 Å². The summed E-state index contributed by atoms with van der Waals surface area (Å²) in [6, 6.07) is 15.3. The average Bonchev–Trinajstić information content (AvgIpc) is 2.55. The van der Waals surface area contributed by atoms with Gasteiger partial charge >= 0.3 is 0 Å². The third-order valence-electron chi connectivity index (χ3n) is 3.32. The molecule has 5 heteroatoms. The molecule has 0 saturated carbocycles. The molecule has 1 unspecified atom stereocenters. The molecule has 0 bridgehead atoms. The van der Waals surface area contributed by atoms with Crippen LogP contribution in [0.1, 0.15) is 27.5 Å². The molecule has 0 N–H and O–H groups in total. The van der Waals surface area contributed by atoms with Gasteiger partial charge in [0.15, 0.2) is 0 Å². The van der Waals surface area contributed by atoms with E-state index in [2.05, 4.69) is 20.9 Å². The maximum absolute atomic E-state index is 12.2. The van der Waals surface area contributed by atoms with Crippen LogP contribution in [0.15, 0.2) is 58.0 Å². The molecule has 2 aromatic carbocycles. The quantitative estimate of drug-likeness (QED) is 0.564. The Bertz CT molecular complexity index is 743. The molecule has 3 nitrogen and oxygen atoms in total. The Labute approximate surface area is 150 Å². The van der Waals surface area contributed by atoms with Crippen LogP contribution in [-0.2, 0) is 0 Å². The Kier molecular flexibility index (Phi) is 6.19. The molecule has 1 atom stereocenters. The Morgan fingerprint density at radius 1 is 1.17 bits per heavy atom. The topological polar surface area (TPSA) is 32.7 Å². The summed E-state index contributed by atoms with van der Waals surface area (Å²) in [5.74, 6) is -0.0290. The summed E-state index contributed by atoms with van der Waals surface area (Å²) in [5, 5.41) is 1.49. The van der Waals surface area contributed by atoms with Crippen molar-refractivity contribution in [3.63, 3.8) is 0 Å². The van der Waals surface area contributed by atoms with Crippen LogP contribution >= 0.6 is 28.1 Å². The molecule has 1 amide bonds. The lowest BCUT2D eigenvalue weighted by molar-refractivity contribution is 0.0827. The van der Waals surface area contributed by atoms with E-state index >= 15 is 0 Å². The molecular formula is C18H17BrN2OS. The Balaban J connectivity index is 2.48. The predicted molar refractivity (Wildman–Crippen MR) is 103 cm³/mol. The number of carbonyl (C=O) groups excluding carboxylic acids is 1. The van der Waals surface area contributed by atoms with Crippen LogP contribution in [0.25, 0.3) is 0 Å². The number of hydrogen-bond donors (Lipinski definition) is 0. The zero-order chi connectivity index (χ0) is 16.8. The number of aliphatic imine (C=N–C) groups is 1. The number of hydrogen-bond acceptors (Lipinski definition) is 3. The van der Waals surface area contributed by atoms with Crippen molar-refractivity contribution in [2.45, 2.75) is 6.04 Å². The van der Waals surface area contributed by atoms with Crippen molar-refractivity contribution in [1.29, 1.82) is 0 Å². The van der Waals surface area contributed by atoms with Gasteiger partial charge < -0.3 is 4.90 Å². The SMILES string of the molecule is CN(C)C(=O)c1cccc(C(N=CC=S)c2cccc(Br)c2)c1. The Hall–Kier alpha value is -1.85. The van der Waals surface area contributed by atoms with Gasteiger partial charge in [0, 0.05) is 35.7 Å². The van der Waals surface area contributed by atoms with Crippen molar-refractivity contribution in [1.82, 2.24) is 4.90 Å². The van der Waals surface area contributed by atoms with Gasteiger partial charge in [-0.15, -0.1) is 0 Å². The number of benzene rings is 2. The van der Waals surface area contributed by atoms with Crippen LogP contribution < -0.4 is 0 Å². The molecule has 23 heavy (non-hydrogen) atoms. The summed E-state index contributed by atoms with van der Waals surface area (Å²) < 4.78 is 0.984. The van der Waals surface area contributed by atoms with Crippen molar-refractivity contribution >= 4 is 45.6 Å². The zero-order valence-corrected chi connectivity index (χ0v) is 15.3. The molecular weight excluding hydrogens is 372 g/mol. The molecule has 0 aliphatic rings. The summed E-state index contributed by atoms with van der Waals surface area (Å²) in [7, 11) is 3.48. The fraction of sp³-hybridized carbons (Fsp3) is 0.167. The number of carbonyl (C=O) groups is 1. The largest absolute Gasteiger partial charge is 0.345 e. The van der Waals surface area contributed by atoms with Gasteiger partial charge in [-0.25, -0.2) is 0 Å². The van der Waals surface area contributed by atoms with Gasteiger partial charge in [0.05, 0.1) is 6.04 Å². The highest BCUT2D eigenvalue weighted by Gasteiger charge is 2.15. The van der Waals surface area contributed by atoms with E-state index in [4.69, 9.17) is 12.2 Å². The van der Waals surface area contributed by atoms with Gasteiger partial charge in [-0.2, -0.15) is 0 Å². The molecule has 0 aliphatic carbocycles. The van der Waals surface area contributed by atoms with E-state index in [9.17, 15) is 4.79 Å². The highest BCUT2D eigenvalue weighted by molar-refractivity contribution is 9.10. The van der Waals surface area contributed by atoms with Gasteiger partial charge in [-0.05, 0) is 35.4 Å². The van der Waals surface area contributed by atoms with Crippen LogP contribution in [0.4, 0.5) is 0 Å². The van der Waals surface area contributed by atoms with Crippen molar-refractivity contribution in [3.8, 4) is 0 Å². The Morgan fingerprint density at radius 3 is 2.43 bits per heavy atom. The maximum Gasteiger partial charge on any atom is 0.253 e. The normalized spacial score (nSPS) is 12.1. The van der Waals surface area contributed by atoms with E-state index in [1.54, 1.807) is 25.2 Å². The molecule has 0 fully saturated rings. The first-order valence-electron chi connectivity index (χ1n) is 7.07. The van der Waals surface area contributed by atoms with E-state index in [0.29, 0.717) is 5.56 Å². The van der Waals surface area contributed by atoms with E-state index in [-0.39, 0.29) is 11.9 Å². The van der Waals surface area contributed by atoms with Crippen molar-refractivity contribution in [2.24, 2.45) is 4.99 Å². The molecule has 0 spiro atoms. The highest BCUT2D eigenvalue weighted by Crippen LogP contribution is 2.28. The third-order valence-corrected chi connectivity index (χ3v) is 3.93. The van der Waals surface area contributed by atoms with Crippen LogP contribution in [0.2, 0.25) is 0 Å². The van der Waals surface area contributed by atoms with Crippen LogP contribution in [-0.4, -0.2) is 36.5 Å². The first kappa shape index (κ1) is 17.5. The molecule has 0 saturated heterocycles. The fourth-order valence-electron chi connectivity index (χ4n) is 2.26. The lowest BCUT2D eigenvalue weighted by atomic mass is 9.97. The number of nitrogens with zero attached hydrogens (tertiary/aromatic N) is 2. The first-order chi connectivity index (χ1) is 11.0.